The summed E-state index contributed by atoms with van der Waals surface area (Å²) in [4.78, 5) is 6.19. The summed E-state index contributed by atoms with van der Waals surface area (Å²) >= 11 is 0. The molecule has 0 radical (unpaired) electrons. The van der Waals surface area contributed by atoms with Crippen molar-refractivity contribution >= 4 is 5.82 Å². The van der Waals surface area contributed by atoms with Gasteiger partial charge in [-0.05, 0) is 31.5 Å². The molecule has 0 saturated carbocycles. The lowest BCUT2D eigenvalue weighted by atomic mass is 10.1. The van der Waals surface area contributed by atoms with Gasteiger partial charge in [0.1, 0.15) is 11.9 Å². The number of aliphatic hydroxyl groups excluding tert-OH is 1. The Hall–Kier alpha value is -2.38. The molecule has 1 atom stereocenters. The average molecular weight is 281 g/mol. The van der Waals surface area contributed by atoms with Crippen molar-refractivity contribution in [3.8, 4) is 6.07 Å². The fourth-order valence-corrected chi connectivity index (χ4v) is 2.20. The van der Waals surface area contributed by atoms with Crippen molar-refractivity contribution < 1.29 is 5.11 Å². The second-order valence-corrected chi connectivity index (χ2v) is 4.95. The molecule has 1 aromatic heterocycles. The molecule has 0 aliphatic heterocycles. The zero-order valence-electron chi connectivity index (χ0n) is 12.3. The molecular formula is C17H19N3O. The van der Waals surface area contributed by atoms with E-state index in [2.05, 4.69) is 11.1 Å². The van der Waals surface area contributed by atoms with Crippen molar-refractivity contribution in [3.05, 3.63) is 59.3 Å². The number of aromatic nitrogens is 1. The van der Waals surface area contributed by atoms with E-state index in [-0.39, 0.29) is 0 Å². The smallest absolute Gasteiger partial charge is 0.146 e. The van der Waals surface area contributed by atoms with E-state index in [1.54, 1.807) is 18.3 Å². The van der Waals surface area contributed by atoms with Crippen molar-refractivity contribution in [1.29, 1.82) is 5.26 Å². The van der Waals surface area contributed by atoms with Gasteiger partial charge in [0, 0.05) is 19.3 Å². The number of pyridine rings is 1. The summed E-state index contributed by atoms with van der Waals surface area (Å²) < 4.78 is 0. The minimum absolute atomic E-state index is 0.408. The number of likely N-dealkylation sites (N-methyl/N-ethyl adjacent to an activating group) is 1. The number of aryl methyl sites for hydroxylation is 1. The molecule has 4 heteroatoms. The molecule has 2 aromatic rings. The van der Waals surface area contributed by atoms with Crippen LogP contribution in [0.1, 0.15) is 29.7 Å². The number of rotatable bonds is 5. The molecule has 0 spiro atoms. The van der Waals surface area contributed by atoms with Crippen molar-refractivity contribution in [2.24, 2.45) is 0 Å². The second kappa shape index (κ2) is 6.87. The van der Waals surface area contributed by atoms with E-state index >= 15 is 0 Å². The van der Waals surface area contributed by atoms with Crippen LogP contribution in [0, 0.1) is 18.3 Å². The summed E-state index contributed by atoms with van der Waals surface area (Å²) in [6.45, 7) is 5.08. The van der Waals surface area contributed by atoms with Gasteiger partial charge < -0.3 is 10.0 Å². The molecule has 1 heterocycles. The van der Waals surface area contributed by atoms with Gasteiger partial charge >= 0.3 is 0 Å². The Balaban J connectivity index is 2.19. The van der Waals surface area contributed by atoms with Gasteiger partial charge in [0.2, 0.25) is 0 Å². The maximum absolute atomic E-state index is 10.4. The van der Waals surface area contributed by atoms with Gasteiger partial charge in [0.05, 0.1) is 11.7 Å². The van der Waals surface area contributed by atoms with E-state index in [1.165, 1.54) is 0 Å². The van der Waals surface area contributed by atoms with Gasteiger partial charge in [0.25, 0.3) is 0 Å². The topological polar surface area (TPSA) is 60.1 Å². The van der Waals surface area contributed by atoms with E-state index < -0.39 is 6.10 Å². The number of hydrogen-bond donors (Lipinski definition) is 1. The van der Waals surface area contributed by atoms with Crippen molar-refractivity contribution in [1.82, 2.24) is 4.98 Å². The maximum atomic E-state index is 10.4. The molecule has 0 aliphatic rings. The molecule has 0 aliphatic carbocycles. The molecule has 0 fully saturated rings. The molecule has 0 amide bonds. The van der Waals surface area contributed by atoms with Crippen LogP contribution in [-0.4, -0.2) is 23.2 Å². The highest BCUT2D eigenvalue weighted by molar-refractivity contribution is 5.53. The van der Waals surface area contributed by atoms with Gasteiger partial charge in [0.15, 0.2) is 0 Å². The van der Waals surface area contributed by atoms with Crippen LogP contribution in [0.5, 0.6) is 0 Å². The highest BCUT2D eigenvalue weighted by Gasteiger charge is 2.16. The number of nitrogens with zero attached hydrogens (tertiary/aromatic N) is 3. The third-order valence-corrected chi connectivity index (χ3v) is 3.44. The molecule has 108 valence electrons. The lowest BCUT2D eigenvalue weighted by molar-refractivity contribution is 0.183. The first-order chi connectivity index (χ1) is 10.2. The Bertz CT molecular complexity index is 631. The minimum Gasteiger partial charge on any atom is -0.387 e. The lowest BCUT2D eigenvalue weighted by Crippen LogP contribution is -2.29. The number of anilines is 1. The lowest BCUT2D eigenvalue weighted by Gasteiger charge is -2.25. The van der Waals surface area contributed by atoms with E-state index in [9.17, 15) is 5.11 Å². The molecular weight excluding hydrogens is 262 g/mol. The SMILES string of the molecule is CCN(CC(O)c1ccc(C)cc1)c1ncccc1C#N. The normalized spacial score (nSPS) is 11.7. The average Bonchev–Trinajstić information content (AvgIpc) is 2.53. The summed E-state index contributed by atoms with van der Waals surface area (Å²) in [5, 5.41) is 19.6. The number of nitriles is 1. The first-order valence-corrected chi connectivity index (χ1v) is 7.00. The molecule has 21 heavy (non-hydrogen) atoms. The van der Waals surface area contributed by atoms with Crippen LogP contribution in [0.4, 0.5) is 5.82 Å². The molecule has 1 N–H and O–H groups in total. The van der Waals surface area contributed by atoms with Crippen LogP contribution in [0.15, 0.2) is 42.6 Å². The standard InChI is InChI=1S/C17H19N3O/c1-3-20(17-15(11-18)5-4-10-19-17)12-16(21)14-8-6-13(2)7-9-14/h4-10,16,21H,3,12H2,1-2H3. The van der Waals surface area contributed by atoms with Gasteiger partial charge in [-0.3, -0.25) is 0 Å². The summed E-state index contributed by atoms with van der Waals surface area (Å²) in [5.41, 5.74) is 2.55. The summed E-state index contributed by atoms with van der Waals surface area (Å²) in [7, 11) is 0. The van der Waals surface area contributed by atoms with Crippen LogP contribution in [0.3, 0.4) is 0 Å². The van der Waals surface area contributed by atoms with Gasteiger partial charge in [-0.1, -0.05) is 29.8 Å². The van der Waals surface area contributed by atoms with Crippen LogP contribution < -0.4 is 4.90 Å². The summed E-state index contributed by atoms with van der Waals surface area (Å²) in [5.74, 6) is 0.619. The third-order valence-electron chi connectivity index (χ3n) is 3.44. The quantitative estimate of drug-likeness (QED) is 0.915. The maximum Gasteiger partial charge on any atom is 0.146 e. The van der Waals surface area contributed by atoms with Gasteiger partial charge in [-0.15, -0.1) is 0 Å². The zero-order chi connectivity index (χ0) is 15.2. The van der Waals surface area contributed by atoms with Gasteiger partial charge in [-0.25, -0.2) is 4.98 Å². The summed E-state index contributed by atoms with van der Waals surface area (Å²) in [6, 6.07) is 13.4. The monoisotopic (exact) mass is 281 g/mol. The first kappa shape index (κ1) is 15.0. The molecule has 0 saturated heterocycles. The Morgan fingerprint density at radius 1 is 1.29 bits per heavy atom. The number of hydrogen-bond acceptors (Lipinski definition) is 4. The van der Waals surface area contributed by atoms with E-state index in [0.717, 1.165) is 11.1 Å². The number of aliphatic hydroxyl groups is 1. The minimum atomic E-state index is -0.612. The van der Waals surface area contributed by atoms with Crippen molar-refractivity contribution in [2.75, 3.05) is 18.0 Å². The Morgan fingerprint density at radius 2 is 2.00 bits per heavy atom. The predicted molar refractivity (Wildman–Crippen MR) is 83.0 cm³/mol. The molecule has 4 nitrogen and oxygen atoms in total. The van der Waals surface area contributed by atoms with E-state index in [4.69, 9.17) is 5.26 Å². The van der Waals surface area contributed by atoms with Crippen LogP contribution >= 0.6 is 0 Å². The van der Waals surface area contributed by atoms with Crippen LogP contribution in [0.2, 0.25) is 0 Å². The fraction of sp³-hybridized carbons (Fsp3) is 0.294. The van der Waals surface area contributed by atoms with Crippen LogP contribution in [0.25, 0.3) is 0 Å². The Kier molecular flexibility index (Phi) is 4.91. The predicted octanol–water partition coefficient (Wildman–Crippen LogP) is 2.82. The fourth-order valence-electron chi connectivity index (χ4n) is 2.20. The largest absolute Gasteiger partial charge is 0.387 e. The van der Waals surface area contributed by atoms with E-state index in [0.29, 0.717) is 24.5 Å². The molecule has 2 rings (SSSR count). The van der Waals surface area contributed by atoms with Gasteiger partial charge in [-0.2, -0.15) is 5.26 Å². The molecule has 1 unspecified atom stereocenters. The van der Waals surface area contributed by atoms with Crippen LogP contribution in [-0.2, 0) is 0 Å². The Morgan fingerprint density at radius 3 is 2.62 bits per heavy atom. The number of benzene rings is 1. The Labute approximate surface area is 125 Å². The third kappa shape index (κ3) is 3.59. The van der Waals surface area contributed by atoms with Crippen molar-refractivity contribution in [3.63, 3.8) is 0 Å². The highest BCUT2D eigenvalue weighted by atomic mass is 16.3. The summed E-state index contributed by atoms with van der Waals surface area (Å²) in [6.07, 6.45) is 1.05. The molecule has 0 bridgehead atoms. The first-order valence-electron chi connectivity index (χ1n) is 7.00. The zero-order valence-corrected chi connectivity index (χ0v) is 12.3. The van der Waals surface area contributed by atoms with Crippen molar-refractivity contribution in [2.45, 2.75) is 20.0 Å². The van der Waals surface area contributed by atoms with E-state index in [1.807, 2.05) is 43.0 Å². The molecule has 1 aromatic carbocycles. The second-order valence-electron chi connectivity index (χ2n) is 4.95. The highest BCUT2D eigenvalue weighted by Crippen LogP contribution is 2.21.